The van der Waals surface area contributed by atoms with Crippen LogP contribution in [0.2, 0.25) is 0 Å². The van der Waals surface area contributed by atoms with Gasteiger partial charge in [0.1, 0.15) is 0 Å². The van der Waals surface area contributed by atoms with Crippen LogP contribution in [0.3, 0.4) is 0 Å². The highest BCUT2D eigenvalue weighted by Gasteiger charge is 2.10. The number of carboxylic acids is 1. The lowest BCUT2D eigenvalue weighted by molar-refractivity contribution is 0.0698. The number of nitrogens with one attached hydrogen (secondary N) is 1. The maximum atomic E-state index is 11.0. The third-order valence-corrected chi connectivity index (χ3v) is 2.99. The van der Waals surface area contributed by atoms with Crippen molar-refractivity contribution >= 4 is 28.7 Å². The lowest BCUT2D eigenvalue weighted by Gasteiger charge is -2.09. The Labute approximate surface area is 102 Å². The van der Waals surface area contributed by atoms with E-state index in [0.29, 0.717) is 17.9 Å². The molecule has 1 aromatic heterocycles. The van der Waals surface area contributed by atoms with Crippen LogP contribution in [-0.2, 0) is 6.54 Å². The molecule has 2 aromatic rings. The van der Waals surface area contributed by atoms with Crippen LogP contribution in [0.15, 0.2) is 29.9 Å². The molecule has 1 aromatic carbocycles. The molecule has 4 N–H and O–H groups in total. The zero-order valence-electron chi connectivity index (χ0n) is 8.88. The number of nitrogens with two attached hydrogens (primary N) is 1. The van der Waals surface area contributed by atoms with Crippen LogP contribution in [-0.4, -0.2) is 16.1 Å². The van der Waals surface area contributed by atoms with Crippen LogP contribution in [0.25, 0.3) is 0 Å². The van der Waals surface area contributed by atoms with Crippen molar-refractivity contribution in [2.45, 2.75) is 6.54 Å². The van der Waals surface area contributed by atoms with Crippen LogP contribution in [0.4, 0.5) is 11.4 Å². The fourth-order valence-electron chi connectivity index (χ4n) is 1.40. The van der Waals surface area contributed by atoms with Crippen LogP contribution >= 0.6 is 11.3 Å². The number of aromatic carboxylic acids is 1. The van der Waals surface area contributed by atoms with Gasteiger partial charge < -0.3 is 16.2 Å². The molecule has 17 heavy (non-hydrogen) atoms. The van der Waals surface area contributed by atoms with Crippen LogP contribution in [0.1, 0.15) is 15.2 Å². The third kappa shape index (κ3) is 2.73. The number of rotatable bonds is 4. The van der Waals surface area contributed by atoms with Crippen molar-refractivity contribution in [2.24, 2.45) is 0 Å². The highest BCUT2D eigenvalue weighted by molar-refractivity contribution is 7.09. The van der Waals surface area contributed by atoms with Gasteiger partial charge in [-0.2, -0.15) is 0 Å². The molecular weight excluding hydrogens is 238 g/mol. The van der Waals surface area contributed by atoms with Gasteiger partial charge in [-0.25, -0.2) is 4.79 Å². The molecule has 0 aliphatic rings. The Balaban J connectivity index is 2.17. The van der Waals surface area contributed by atoms with E-state index in [0.717, 1.165) is 4.88 Å². The van der Waals surface area contributed by atoms with E-state index in [1.54, 1.807) is 23.8 Å². The highest BCUT2D eigenvalue weighted by Crippen LogP contribution is 2.20. The molecule has 0 unspecified atom stereocenters. The normalized spacial score (nSPS) is 10.1. The number of hydrogen-bond acceptors (Lipinski definition) is 5. The van der Waals surface area contributed by atoms with Gasteiger partial charge in [-0.3, -0.25) is 4.98 Å². The third-order valence-electron chi connectivity index (χ3n) is 2.21. The van der Waals surface area contributed by atoms with Crippen molar-refractivity contribution < 1.29 is 9.90 Å². The van der Waals surface area contributed by atoms with E-state index in [-0.39, 0.29) is 5.56 Å². The van der Waals surface area contributed by atoms with E-state index in [4.69, 9.17) is 10.8 Å². The van der Waals surface area contributed by atoms with E-state index >= 15 is 0 Å². The van der Waals surface area contributed by atoms with Crippen molar-refractivity contribution in [3.05, 3.63) is 40.3 Å². The summed E-state index contributed by atoms with van der Waals surface area (Å²) in [6.07, 6.45) is 1.75. The molecule has 0 radical (unpaired) electrons. The summed E-state index contributed by atoms with van der Waals surface area (Å²) in [5, 5.41) is 12.1. The number of nitrogen functional groups attached to an aromatic ring is 1. The van der Waals surface area contributed by atoms with Gasteiger partial charge in [0.05, 0.1) is 17.6 Å². The number of carbonyl (C=O) groups is 1. The molecule has 0 amide bonds. The summed E-state index contributed by atoms with van der Waals surface area (Å²) >= 11 is 1.51. The first-order valence-corrected chi connectivity index (χ1v) is 5.79. The van der Waals surface area contributed by atoms with Gasteiger partial charge >= 0.3 is 5.97 Å². The van der Waals surface area contributed by atoms with Gasteiger partial charge in [-0.05, 0) is 18.2 Å². The standard InChI is InChI=1S/C11H11N3O2S/c12-7-1-2-10(9(3-7)11(15)16)14-5-8-4-13-6-17-8/h1-4,6,14H,5,12H2,(H,15,16). The van der Waals surface area contributed by atoms with Gasteiger partial charge in [-0.15, -0.1) is 11.3 Å². The Morgan fingerprint density at radius 3 is 3.00 bits per heavy atom. The first-order chi connectivity index (χ1) is 8.16. The van der Waals surface area contributed by atoms with Crippen molar-refractivity contribution in [3.63, 3.8) is 0 Å². The molecule has 0 aliphatic carbocycles. The molecule has 0 atom stereocenters. The molecule has 2 rings (SSSR count). The first-order valence-electron chi connectivity index (χ1n) is 4.91. The average Bonchev–Trinajstić information content (AvgIpc) is 2.80. The Bertz CT molecular complexity index is 526. The molecule has 0 saturated heterocycles. The minimum atomic E-state index is -0.996. The van der Waals surface area contributed by atoms with Crippen LogP contribution < -0.4 is 11.1 Å². The van der Waals surface area contributed by atoms with Crippen molar-refractivity contribution in [2.75, 3.05) is 11.1 Å². The summed E-state index contributed by atoms with van der Waals surface area (Å²) in [5.41, 5.74) is 8.46. The van der Waals surface area contributed by atoms with Gasteiger partial charge in [0.15, 0.2) is 0 Å². The second kappa shape index (κ2) is 4.84. The summed E-state index contributed by atoms with van der Waals surface area (Å²) in [4.78, 5) is 16.0. The molecule has 0 aliphatic heterocycles. The number of nitrogens with zero attached hydrogens (tertiary/aromatic N) is 1. The Morgan fingerprint density at radius 1 is 1.53 bits per heavy atom. The van der Waals surface area contributed by atoms with E-state index in [2.05, 4.69) is 10.3 Å². The number of aromatic nitrogens is 1. The number of hydrogen-bond donors (Lipinski definition) is 3. The van der Waals surface area contributed by atoms with Gasteiger partial charge in [0.2, 0.25) is 0 Å². The highest BCUT2D eigenvalue weighted by atomic mass is 32.1. The van der Waals surface area contributed by atoms with E-state index < -0.39 is 5.97 Å². The van der Waals surface area contributed by atoms with Gasteiger partial charge in [0, 0.05) is 22.4 Å². The van der Waals surface area contributed by atoms with Crippen molar-refractivity contribution in [1.82, 2.24) is 4.98 Å². The summed E-state index contributed by atoms with van der Waals surface area (Å²) < 4.78 is 0. The lowest BCUT2D eigenvalue weighted by atomic mass is 10.1. The fraction of sp³-hybridized carbons (Fsp3) is 0.0909. The predicted molar refractivity (Wildman–Crippen MR) is 67.3 cm³/mol. The number of anilines is 2. The number of carboxylic acid groups (broad SMARTS) is 1. The maximum Gasteiger partial charge on any atom is 0.337 e. The van der Waals surface area contributed by atoms with E-state index in [1.165, 1.54) is 17.4 Å². The molecule has 1 heterocycles. The summed E-state index contributed by atoms with van der Waals surface area (Å²) in [5.74, 6) is -0.996. The maximum absolute atomic E-state index is 11.0. The zero-order valence-corrected chi connectivity index (χ0v) is 9.70. The summed E-state index contributed by atoms with van der Waals surface area (Å²) in [6, 6.07) is 4.78. The number of benzene rings is 1. The topological polar surface area (TPSA) is 88.2 Å². The molecule has 0 saturated carbocycles. The monoisotopic (exact) mass is 249 g/mol. The quantitative estimate of drug-likeness (QED) is 0.721. The predicted octanol–water partition coefficient (Wildman–Crippen LogP) is 2.04. The average molecular weight is 249 g/mol. The second-order valence-electron chi connectivity index (χ2n) is 3.43. The first kappa shape index (κ1) is 11.4. The molecule has 0 fully saturated rings. The largest absolute Gasteiger partial charge is 0.478 e. The Hall–Kier alpha value is -2.08. The Morgan fingerprint density at radius 2 is 2.35 bits per heavy atom. The molecule has 6 heteroatoms. The molecule has 88 valence electrons. The lowest BCUT2D eigenvalue weighted by Crippen LogP contribution is -2.06. The van der Waals surface area contributed by atoms with Crippen LogP contribution in [0, 0.1) is 0 Å². The van der Waals surface area contributed by atoms with Gasteiger partial charge in [0.25, 0.3) is 0 Å². The minimum absolute atomic E-state index is 0.175. The molecular formula is C11H11N3O2S. The van der Waals surface area contributed by atoms with Gasteiger partial charge in [-0.1, -0.05) is 0 Å². The van der Waals surface area contributed by atoms with E-state index in [1.807, 2.05) is 0 Å². The summed E-state index contributed by atoms with van der Waals surface area (Å²) in [7, 11) is 0. The molecule has 0 bridgehead atoms. The smallest absolute Gasteiger partial charge is 0.337 e. The molecule has 0 spiro atoms. The number of thiazole rings is 1. The SMILES string of the molecule is Nc1ccc(NCc2cncs2)c(C(=O)O)c1. The second-order valence-corrected chi connectivity index (χ2v) is 4.40. The van der Waals surface area contributed by atoms with E-state index in [9.17, 15) is 4.79 Å². The Kier molecular flexibility index (Phi) is 3.24. The fourth-order valence-corrected chi connectivity index (χ4v) is 1.94. The van der Waals surface area contributed by atoms with Crippen LogP contribution in [0.5, 0.6) is 0 Å². The summed E-state index contributed by atoms with van der Waals surface area (Å²) in [6.45, 7) is 0.550. The molecule has 5 nitrogen and oxygen atoms in total. The minimum Gasteiger partial charge on any atom is -0.478 e. The zero-order chi connectivity index (χ0) is 12.3. The van der Waals surface area contributed by atoms with Crippen molar-refractivity contribution in [3.8, 4) is 0 Å². The van der Waals surface area contributed by atoms with Crippen molar-refractivity contribution in [1.29, 1.82) is 0 Å².